The predicted molar refractivity (Wildman–Crippen MR) is 161 cm³/mol. The summed E-state index contributed by atoms with van der Waals surface area (Å²) in [6.07, 6.45) is 0. The van der Waals surface area contributed by atoms with Gasteiger partial charge in [-0.3, -0.25) is 14.2 Å². The van der Waals surface area contributed by atoms with Crippen molar-refractivity contribution in [3.05, 3.63) is 125 Å². The van der Waals surface area contributed by atoms with Crippen LogP contribution in [0.1, 0.15) is 36.6 Å². The first-order valence-corrected chi connectivity index (χ1v) is 14.5. The minimum absolute atomic E-state index is 0.162. The number of carbonyl (C=O) groups is 2. The van der Waals surface area contributed by atoms with E-state index in [0.29, 0.717) is 43.7 Å². The van der Waals surface area contributed by atoms with Gasteiger partial charge in [-0.05, 0) is 37.6 Å². The van der Waals surface area contributed by atoms with E-state index >= 15 is 0 Å². The Labute approximate surface area is 250 Å². The maximum absolute atomic E-state index is 14.4. The molecule has 0 spiro atoms. The lowest BCUT2D eigenvalue weighted by Crippen LogP contribution is -2.41. The van der Waals surface area contributed by atoms with Gasteiger partial charge in [-0.2, -0.15) is 0 Å². The van der Waals surface area contributed by atoms with E-state index in [9.17, 15) is 14.4 Å². The molecular weight excluding hydrogens is 574 g/mol. The standard InChI is InChI=1S/C32H26ClN3O5S/c1-4-41-31(39)25-18(2)34-32-36(27(25)21-13-7-10-16-24(21)40-3)30(38)28(42-32)26-20-12-6-9-15-23(20)35(29(26)37)17-19-11-5-8-14-22(19)33/h5-16,27H,4,17H2,1-3H3/b28-26+/t27-/m1/s1. The van der Waals surface area contributed by atoms with Crippen molar-refractivity contribution in [1.29, 1.82) is 0 Å². The number of amides is 1. The van der Waals surface area contributed by atoms with Crippen LogP contribution >= 0.6 is 22.9 Å². The third kappa shape index (κ3) is 4.45. The van der Waals surface area contributed by atoms with Crippen LogP contribution in [0.3, 0.4) is 0 Å². The van der Waals surface area contributed by atoms with Gasteiger partial charge >= 0.3 is 5.97 Å². The number of hydrogen-bond donors (Lipinski definition) is 0. The van der Waals surface area contributed by atoms with E-state index in [1.54, 1.807) is 30.9 Å². The molecular formula is C32H26ClN3O5S. The number of rotatable bonds is 6. The number of methoxy groups -OCH3 is 1. The van der Waals surface area contributed by atoms with Gasteiger partial charge in [0.2, 0.25) is 0 Å². The third-order valence-electron chi connectivity index (χ3n) is 7.36. The van der Waals surface area contributed by atoms with Gasteiger partial charge in [-0.1, -0.05) is 77.5 Å². The van der Waals surface area contributed by atoms with Crippen molar-refractivity contribution in [3.8, 4) is 5.75 Å². The first-order chi connectivity index (χ1) is 20.3. The maximum atomic E-state index is 14.4. The molecule has 1 atom stereocenters. The van der Waals surface area contributed by atoms with Gasteiger partial charge < -0.3 is 14.4 Å². The van der Waals surface area contributed by atoms with E-state index < -0.39 is 17.6 Å². The number of hydrogen-bond acceptors (Lipinski definition) is 7. The summed E-state index contributed by atoms with van der Waals surface area (Å²) in [4.78, 5) is 48.4. The van der Waals surface area contributed by atoms with Crippen molar-refractivity contribution in [1.82, 2.24) is 4.57 Å². The molecule has 2 aliphatic heterocycles. The second-order valence-electron chi connectivity index (χ2n) is 9.74. The highest BCUT2D eigenvalue weighted by Gasteiger charge is 2.38. The average Bonchev–Trinajstić information content (AvgIpc) is 3.45. The van der Waals surface area contributed by atoms with Crippen LogP contribution in [0.5, 0.6) is 5.75 Å². The van der Waals surface area contributed by atoms with Crippen molar-refractivity contribution in [2.75, 3.05) is 18.6 Å². The van der Waals surface area contributed by atoms with E-state index in [-0.39, 0.29) is 29.2 Å². The van der Waals surface area contributed by atoms with Gasteiger partial charge in [0.05, 0.1) is 42.8 Å². The van der Waals surface area contributed by atoms with Crippen LogP contribution < -0.4 is 24.5 Å². The Kier molecular flexibility index (Phi) is 7.30. The number of benzene rings is 3. The monoisotopic (exact) mass is 599 g/mol. The zero-order valence-corrected chi connectivity index (χ0v) is 24.7. The number of halogens is 1. The normalized spacial score (nSPS) is 17.1. The quantitative estimate of drug-likeness (QED) is 0.307. The summed E-state index contributed by atoms with van der Waals surface area (Å²) in [5, 5.41) is 0.550. The van der Waals surface area contributed by atoms with Gasteiger partial charge in [-0.15, -0.1) is 0 Å². The molecule has 42 heavy (non-hydrogen) atoms. The number of ether oxygens (including phenoxy) is 2. The Balaban J connectivity index is 1.60. The second-order valence-corrected chi connectivity index (χ2v) is 11.1. The largest absolute Gasteiger partial charge is 0.496 e. The number of carbonyl (C=O) groups excluding carboxylic acids is 2. The van der Waals surface area contributed by atoms with Crippen molar-refractivity contribution in [3.63, 3.8) is 0 Å². The Morgan fingerprint density at radius 1 is 1.02 bits per heavy atom. The number of esters is 1. The van der Waals surface area contributed by atoms with E-state index in [0.717, 1.165) is 16.9 Å². The minimum atomic E-state index is -0.864. The van der Waals surface area contributed by atoms with Crippen molar-refractivity contribution in [2.45, 2.75) is 26.4 Å². The summed E-state index contributed by atoms with van der Waals surface area (Å²) in [5.74, 6) is -0.372. The van der Waals surface area contributed by atoms with Crippen molar-refractivity contribution < 1.29 is 19.1 Å². The van der Waals surface area contributed by atoms with Crippen LogP contribution in [0.4, 0.5) is 5.69 Å². The topological polar surface area (TPSA) is 90.2 Å². The van der Waals surface area contributed by atoms with Crippen LogP contribution in [-0.2, 0) is 20.9 Å². The Morgan fingerprint density at radius 2 is 1.74 bits per heavy atom. The predicted octanol–water partition coefficient (Wildman–Crippen LogP) is 4.38. The average molecular weight is 600 g/mol. The first-order valence-electron chi connectivity index (χ1n) is 13.4. The molecule has 0 radical (unpaired) electrons. The molecule has 8 nitrogen and oxygen atoms in total. The highest BCUT2D eigenvalue weighted by molar-refractivity contribution is 7.07. The third-order valence-corrected chi connectivity index (χ3v) is 8.78. The number of anilines is 1. The molecule has 6 rings (SSSR count). The maximum Gasteiger partial charge on any atom is 0.338 e. The summed E-state index contributed by atoms with van der Waals surface area (Å²) >= 11 is 7.56. The Morgan fingerprint density at radius 3 is 2.50 bits per heavy atom. The molecule has 212 valence electrons. The second kappa shape index (κ2) is 11.1. The van der Waals surface area contributed by atoms with E-state index in [1.807, 2.05) is 60.7 Å². The van der Waals surface area contributed by atoms with Gasteiger partial charge in [-0.25, -0.2) is 9.79 Å². The molecule has 3 heterocycles. The van der Waals surface area contributed by atoms with Crippen molar-refractivity contribution >= 4 is 46.1 Å². The van der Waals surface area contributed by atoms with Crippen molar-refractivity contribution in [2.24, 2.45) is 4.99 Å². The van der Waals surface area contributed by atoms with E-state index in [1.165, 1.54) is 11.7 Å². The zero-order chi connectivity index (χ0) is 29.5. The van der Waals surface area contributed by atoms with Crippen LogP contribution in [0.25, 0.3) is 5.57 Å². The fraction of sp³-hybridized carbons (Fsp3) is 0.188. The number of thiazole rings is 1. The lowest BCUT2D eigenvalue weighted by molar-refractivity contribution is -0.139. The van der Waals surface area contributed by atoms with E-state index in [2.05, 4.69) is 4.99 Å². The van der Waals surface area contributed by atoms with Gasteiger partial charge in [0.15, 0.2) is 4.80 Å². The van der Waals surface area contributed by atoms with Crippen LogP contribution in [0.15, 0.2) is 93.9 Å². The lowest BCUT2D eigenvalue weighted by atomic mass is 9.95. The van der Waals surface area contributed by atoms with Gasteiger partial charge in [0.25, 0.3) is 11.5 Å². The number of para-hydroxylation sites is 2. The summed E-state index contributed by atoms with van der Waals surface area (Å²) < 4.78 is 12.7. The summed E-state index contributed by atoms with van der Waals surface area (Å²) in [6.45, 7) is 3.85. The highest BCUT2D eigenvalue weighted by atomic mass is 35.5. The number of fused-ring (bicyclic) bond motifs is 2. The zero-order valence-electron chi connectivity index (χ0n) is 23.1. The van der Waals surface area contributed by atoms with Gasteiger partial charge in [0, 0.05) is 16.1 Å². The first kappa shape index (κ1) is 27.7. The molecule has 0 saturated heterocycles. The van der Waals surface area contributed by atoms with Crippen LogP contribution in [0, 0.1) is 0 Å². The summed E-state index contributed by atoms with van der Waals surface area (Å²) in [6, 6.07) is 21.1. The molecule has 0 bridgehead atoms. The lowest BCUT2D eigenvalue weighted by Gasteiger charge is -2.25. The Bertz CT molecular complexity index is 1980. The summed E-state index contributed by atoms with van der Waals surface area (Å²) in [7, 11) is 1.53. The smallest absolute Gasteiger partial charge is 0.338 e. The Hall–Kier alpha value is -4.47. The molecule has 4 aromatic rings. The molecule has 0 aliphatic carbocycles. The number of nitrogens with zero attached hydrogens (tertiary/aromatic N) is 3. The van der Waals surface area contributed by atoms with E-state index in [4.69, 9.17) is 21.1 Å². The summed E-state index contributed by atoms with van der Waals surface area (Å²) in [5.41, 5.74) is 3.26. The molecule has 0 N–H and O–H groups in total. The minimum Gasteiger partial charge on any atom is -0.496 e. The molecule has 0 saturated carbocycles. The fourth-order valence-corrected chi connectivity index (χ4v) is 6.81. The van der Waals surface area contributed by atoms with Crippen LogP contribution in [0.2, 0.25) is 5.02 Å². The molecule has 1 amide bonds. The number of allylic oxidation sites excluding steroid dienone is 1. The molecule has 10 heteroatoms. The molecule has 2 aliphatic rings. The number of aromatic nitrogens is 1. The van der Waals surface area contributed by atoms with Gasteiger partial charge in [0.1, 0.15) is 16.3 Å². The molecule has 1 aromatic heterocycles. The molecule has 0 fully saturated rings. The van der Waals surface area contributed by atoms with Crippen LogP contribution in [-0.4, -0.2) is 30.2 Å². The molecule has 3 aromatic carbocycles. The fourth-order valence-electron chi connectivity index (χ4n) is 5.48. The SMILES string of the molecule is CCOC(=O)C1=C(C)N=c2s/c(=C3/C(=O)N(Cc4ccccc4Cl)c4ccccc43)c(=O)n2[C@@H]1c1ccccc1OC. The highest BCUT2D eigenvalue weighted by Crippen LogP contribution is 2.38. The molecule has 0 unspecified atom stereocenters.